The molecule has 0 unspecified atom stereocenters. The van der Waals surface area contributed by atoms with Crippen LogP contribution in [0.2, 0.25) is 0 Å². The smallest absolute Gasteiger partial charge is 0.379 e. The summed E-state index contributed by atoms with van der Waals surface area (Å²) in [7, 11) is 0. The number of aromatic nitrogens is 2. The van der Waals surface area contributed by atoms with E-state index in [4.69, 9.17) is 0 Å². The summed E-state index contributed by atoms with van der Waals surface area (Å²) in [4.78, 5) is 0. The van der Waals surface area contributed by atoms with E-state index in [1.807, 2.05) is 0 Å². The number of halogens is 4. The Morgan fingerprint density at radius 1 is 1.26 bits per heavy atom. The summed E-state index contributed by atoms with van der Waals surface area (Å²) < 4.78 is 50.2. The van der Waals surface area contributed by atoms with Crippen LogP contribution < -0.4 is 5.32 Å². The molecule has 3 nitrogen and oxygen atoms in total. The minimum Gasteiger partial charge on any atom is -0.379 e. The Labute approximate surface area is 106 Å². The number of alkyl halides is 3. The van der Waals surface area contributed by atoms with Crippen molar-refractivity contribution in [1.82, 2.24) is 10.2 Å². The first-order valence-corrected chi connectivity index (χ1v) is 5.48. The minimum atomic E-state index is -4.47. The molecular weight excluding hydrogens is 262 g/mol. The van der Waals surface area contributed by atoms with Gasteiger partial charge < -0.3 is 5.32 Å². The lowest BCUT2D eigenvalue weighted by atomic mass is 10.2. The lowest BCUT2D eigenvalue weighted by molar-refractivity contribution is -0.141. The van der Waals surface area contributed by atoms with Crippen LogP contribution in [0.25, 0.3) is 0 Å². The lowest BCUT2D eigenvalue weighted by Crippen LogP contribution is -2.04. The summed E-state index contributed by atoms with van der Waals surface area (Å²) in [5.74, 6) is -0.370. The molecule has 0 spiro atoms. The zero-order chi connectivity index (χ0) is 14.0. The first-order chi connectivity index (χ1) is 8.86. The van der Waals surface area contributed by atoms with Crippen LogP contribution in [0.5, 0.6) is 0 Å². The predicted octanol–water partition coefficient (Wildman–Crippen LogP) is 3.49. The van der Waals surface area contributed by atoms with Gasteiger partial charge in [-0.3, -0.25) is 5.10 Å². The van der Waals surface area contributed by atoms with Gasteiger partial charge in [0.2, 0.25) is 0 Å². The van der Waals surface area contributed by atoms with Gasteiger partial charge in [-0.25, -0.2) is 4.39 Å². The Balaban J connectivity index is 2.02. The lowest BCUT2D eigenvalue weighted by Gasteiger charge is -2.05. The van der Waals surface area contributed by atoms with Crippen LogP contribution in [-0.2, 0) is 12.7 Å². The molecule has 0 aliphatic rings. The number of nitrogens with zero attached hydrogens (tertiary/aromatic N) is 1. The molecule has 102 valence electrons. The molecule has 0 bridgehead atoms. The molecule has 1 heterocycles. The number of H-pyrrole nitrogens is 1. The van der Waals surface area contributed by atoms with E-state index in [9.17, 15) is 17.6 Å². The number of rotatable bonds is 3. The Bertz CT molecular complexity index is 575. The number of benzene rings is 1. The van der Waals surface area contributed by atoms with Gasteiger partial charge >= 0.3 is 6.18 Å². The molecule has 0 atom stereocenters. The minimum absolute atomic E-state index is 0.103. The SMILES string of the molecule is Cc1ccc(NCc2cc(C(F)(F)F)n[nH]2)cc1F. The van der Waals surface area contributed by atoms with Gasteiger partial charge in [0, 0.05) is 5.69 Å². The Morgan fingerprint density at radius 2 is 2.00 bits per heavy atom. The van der Waals surface area contributed by atoms with Gasteiger partial charge in [-0.15, -0.1) is 0 Å². The van der Waals surface area contributed by atoms with Crippen molar-refractivity contribution in [2.75, 3.05) is 5.32 Å². The van der Waals surface area contributed by atoms with Crippen molar-refractivity contribution in [3.63, 3.8) is 0 Å². The second-order valence-corrected chi connectivity index (χ2v) is 4.09. The summed E-state index contributed by atoms with van der Waals surface area (Å²) in [5, 5.41) is 8.26. The molecule has 0 radical (unpaired) electrons. The van der Waals surface area contributed by atoms with Gasteiger partial charge in [0.15, 0.2) is 5.69 Å². The molecule has 1 aromatic heterocycles. The highest BCUT2D eigenvalue weighted by Crippen LogP contribution is 2.27. The van der Waals surface area contributed by atoms with Crippen LogP contribution in [0.15, 0.2) is 24.3 Å². The van der Waals surface area contributed by atoms with Crippen molar-refractivity contribution in [3.8, 4) is 0 Å². The molecule has 0 saturated heterocycles. The molecule has 0 amide bonds. The fraction of sp³-hybridized carbons (Fsp3) is 0.250. The van der Waals surface area contributed by atoms with Crippen LogP contribution in [0.1, 0.15) is 17.0 Å². The zero-order valence-corrected chi connectivity index (χ0v) is 9.98. The van der Waals surface area contributed by atoms with E-state index in [-0.39, 0.29) is 18.1 Å². The maximum absolute atomic E-state index is 13.3. The van der Waals surface area contributed by atoms with E-state index in [2.05, 4.69) is 15.5 Å². The quantitative estimate of drug-likeness (QED) is 0.840. The van der Waals surface area contributed by atoms with E-state index in [1.54, 1.807) is 19.1 Å². The van der Waals surface area contributed by atoms with E-state index < -0.39 is 11.9 Å². The highest BCUT2D eigenvalue weighted by atomic mass is 19.4. The average Bonchev–Trinajstić information content (AvgIpc) is 2.79. The fourth-order valence-electron chi connectivity index (χ4n) is 1.50. The van der Waals surface area contributed by atoms with Crippen LogP contribution in [0.3, 0.4) is 0 Å². The second kappa shape index (κ2) is 4.91. The average molecular weight is 273 g/mol. The molecule has 0 fully saturated rings. The van der Waals surface area contributed by atoms with Gasteiger partial charge in [0.1, 0.15) is 5.82 Å². The van der Waals surface area contributed by atoms with E-state index in [0.29, 0.717) is 11.3 Å². The summed E-state index contributed by atoms with van der Waals surface area (Å²) in [6, 6.07) is 5.44. The number of anilines is 1. The third-order valence-corrected chi connectivity index (χ3v) is 2.58. The topological polar surface area (TPSA) is 40.7 Å². The van der Waals surface area contributed by atoms with Crippen molar-refractivity contribution in [2.24, 2.45) is 0 Å². The number of hydrogen-bond acceptors (Lipinski definition) is 2. The second-order valence-electron chi connectivity index (χ2n) is 4.09. The summed E-state index contributed by atoms with van der Waals surface area (Å²) in [6.45, 7) is 1.73. The van der Waals surface area contributed by atoms with Crippen molar-refractivity contribution in [3.05, 3.63) is 47.0 Å². The fourth-order valence-corrected chi connectivity index (χ4v) is 1.50. The van der Waals surface area contributed by atoms with Gasteiger partial charge in [0.05, 0.1) is 12.2 Å². The number of aryl methyl sites for hydroxylation is 1. The molecule has 2 rings (SSSR count). The van der Waals surface area contributed by atoms with Crippen molar-refractivity contribution in [1.29, 1.82) is 0 Å². The number of nitrogens with one attached hydrogen (secondary N) is 2. The molecule has 7 heteroatoms. The first kappa shape index (κ1) is 13.4. The van der Waals surface area contributed by atoms with Gasteiger partial charge in [-0.05, 0) is 30.7 Å². The van der Waals surface area contributed by atoms with E-state index >= 15 is 0 Å². The molecule has 0 aliphatic carbocycles. The van der Waals surface area contributed by atoms with Crippen LogP contribution in [-0.4, -0.2) is 10.2 Å². The predicted molar refractivity (Wildman–Crippen MR) is 62.1 cm³/mol. The van der Waals surface area contributed by atoms with Crippen LogP contribution in [0.4, 0.5) is 23.2 Å². The molecule has 0 aliphatic heterocycles. The Morgan fingerprint density at radius 3 is 2.58 bits per heavy atom. The van der Waals surface area contributed by atoms with Crippen molar-refractivity contribution < 1.29 is 17.6 Å². The third kappa shape index (κ3) is 3.24. The van der Waals surface area contributed by atoms with Crippen molar-refractivity contribution in [2.45, 2.75) is 19.6 Å². The monoisotopic (exact) mass is 273 g/mol. The summed E-state index contributed by atoms with van der Waals surface area (Å²) >= 11 is 0. The molecule has 1 aromatic carbocycles. The van der Waals surface area contributed by atoms with E-state index in [1.165, 1.54) is 6.07 Å². The first-order valence-electron chi connectivity index (χ1n) is 5.48. The Kier molecular flexibility index (Phi) is 3.46. The zero-order valence-electron chi connectivity index (χ0n) is 9.98. The maximum atomic E-state index is 13.3. The number of hydrogen-bond donors (Lipinski definition) is 2. The molecule has 0 saturated carbocycles. The Hall–Kier alpha value is -2.05. The van der Waals surface area contributed by atoms with Crippen LogP contribution >= 0.6 is 0 Å². The molecule has 2 aromatic rings. The van der Waals surface area contributed by atoms with Gasteiger partial charge in [-0.1, -0.05) is 6.07 Å². The van der Waals surface area contributed by atoms with E-state index in [0.717, 1.165) is 6.07 Å². The molecular formula is C12H11F4N3. The summed E-state index contributed by atoms with van der Waals surface area (Å²) in [5.41, 5.74) is 0.297. The number of aromatic amines is 1. The van der Waals surface area contributed by atoms with Crippen LogP contribution in [0, 0.1) is 12.7 Å². The summed E-state index contributed by atoms with van der Waals surface area (Å²) in [6.07, 6.45) is -4.47. The third-order valence-electron chi connectivity index (χ3n) is 2.58. The normalized spacial score (nSPS) is 11.6. The van der Waals surface area contributed by atoms with Gasteiger partial charge in [-0.2, -0.15) is 18.3 Å². The van der Waals surface area contributed by atoms with Crippen molar-refractivity contribution >= 4 is 5.69 Å². The molecule has 2 N–H and O–H groups in total. The maximum Gasteiger partial charge on any atom is 0.435 e. The standard InChI is InChI=1S/C12H11F4N3/c1-7-2-3-8(4-10(7)13)17-6-9-5-11(19-18-9)12(14,15)16/h2-5,17H,6H2,1H3,(H,18,19). The largest absolute Gasteiger partial charge is 0.435 e. The van der Waals surface area contributed by atoms with Gasteiger partial charge in [0.25, 0.3) is 0 Å². The highest BCUT2D eigenvalue weighted by molar-refractivity contribution is 5.45. The molecule has 19 heavy (non-hydrogen) atoms. The highest BCUT2D eigenvalue weighted by Gasteiger charge is 2.33.